The second kappa shape index (κ2) is 6.10. The van der Waals surface area contributed by atoms with Crippen molar-refractivity contribution >= 4 is 5.91 Å². The third-order valence-corrected chi connectivity index (χ3v) is 2.98. The zero-order valence-corrected chi connectivity index (χ0v) is 11.5. The van der Waals surface area contributed by atoms with Crippen molar-refractivity contribution in [3.8, 4) is 5.75 Å². The van der Waals surface area contributed by atoms with Crippen LogP contribution in [0.3, 0.4) is 0 Å². The summed E-state index contributed by atoms with van der Waals surface area (Å²) in [5.74, 6) is 0.0242. The van der Waals surface area contributed by atoms with Crippen molar-refractivity contribution in [1.82, 2.24) is 14.5 Å². The smallest absolute Gasteiger partial charge is 0.256 e. The SMILES string of the molecule is COc1cc(=O)n(C)cc1C(=O)NCCn1cccc1. The van der Waals surface area contributed by atoms with Gasteiger partial charge in [0.05, 0.1) is 12.7 Å². The lowest BCUT2D eigenvalue weighted by Gasteiger charge is -2.10. The monoisotopic (exact) mass is 275 g/mol. The van der Waals surface area contributed by atoms with E-state index >= 15 is 0 Å². The first-order chi connectivity index (χ1) is 9.61. The van der Waals surface area contributed by atoms with Crippen LogP contribution in [0.4, 0.5) is 0 Å². The maximum absolute atomic E-state index is 12.1. The molecule has 0 bridgehead atoms. The number of aromatic nitrogens is 2. The summed E-state index contributed by atoms with van der Waals surface area (Å²) in [4.78, 5) is 23.6. The summed E-state index contributed by atoms with van der Waals surface area (Å²) < 4.78 is 8.40. The molecule has 1 N–H and O–H groups in total. The van der Waals surface area contributed by atoms with E-state index in [9.17, 15) is 9.59 Å². The molecule has 0 aliphatic carbocycles. The molecular formula is C14H17N3O3. The minimum Gasteiger partial charge on any atom is -0.496 e. The molecular weight excluding hydrogens is 258 g/mol. The molecule has 6 heteroatoms. The van der Waals surface area contributed by atoms with Gasteiger partial charge in [0.2, 0.25) is 0 Å². The molecule has 0 atom stereocenters. The van der Waals surface area contributed by atoms with Crippen molar-refractivity contribution in [2.45, 2.75) is 6.54 Å². The number of nitrogens with one attached hydrogen (secondary N) is 1. The molecule has 106 valence electrons. The van der Waals surface area contributed by atoms with Gasteiger partial charge in [-0.1, -0.05) is 0 Å². The van der Waals surface area contributed by atoms with Crippen LogP contribution >= 0.6 is 0 Å². The van der Waals surface area contributed by atoms with Crippen LogP contribution in [0.15, 0.2) is 41.6 Å². The molecule has 2 aromatic heterocycles. The molecule has 2 aromatic rings. The minimum absolute atomic E-state index is 0.217. The zero-order chi connectivity index (χ0) is 14.5. The summed E-state index contributed by atoms with van der Waals surface area (Å²) in [5.41, 5.74) is 0.132. The van der Waals surface area contributed by atoms with Crippen molar-refractivity contribution in [2.24, 2.45) is 7.05 Å². The predicted octanol–water partition coefficient (Wildman–Crippen LogP) is 0.625. The van der Waals surface area contributed by atoms with E-state index in [1.807, 2.05) is 29.1 Å². The molecule has 0 saturated heterocycles. The average molecular weight is 275 g/mol. The molecule has 0 radical (unpaired) electrons. The van der Waals surface area contributed by atoms with Gasteiger partial charge in [-0.2, -0.15) is 0 Å². The van der Waals surface area contributed by atoms with Crippen molar-refractivity contribution < 1.29 is 9.53 Å². The van der Waals surface area contributed by atoms with Crippen molar-refractivity contribution in [3.63, 3.8) is 0 Å². The second-order valence-electron chi connectivity index (χ2n) is 4.38. The number of amides is 1. The lowest BCUT2D eigenvalue weighted by Crippen LogP contribution is -2.29. The van der Waals surface area contributed by atoms with E-state index in [1.54, 1.807) is 7.05 Å². The number of hydrogen-bond donors (Lipinski definition) is 1. The Morgan fingerprint density at radius 1 is 1.35 bits per heavy atom. The molecule has 0 aromatic carbocycles. The molecule has 6 nitrogen and oxygen atoms in total. The van der Waals surface area contributed by atoms with Gasteiger partial charge in [0.25, 0.3) is 11.5 Å². The number of pyridine rings is 1. The predicted molar refractivity (Wildman–Crippen MR) is 75.0 cm³/mol. The van der Waals surface area contributed by atoms with Crippen LogP contribution in [0, 0.1) is 0 Å². The Labute approximate surface area is 116 Å². The first kappa shape index (κ1) is 13.9. The van der Waals surface area contributed by atoms with Gasteiger partial charge in [-0.25, -0.2) is 0 Å². The van der Waals surface area contributed by atoms with Crippen LogP contribution in [-0.2, 0) is 13.6 Å². The van der Waals surface area contributed by atoms with Gasteiger partial charge in [0, 0.05) is 44.8 Å². The normalized spacial score (nSPS) is 10.3. The number of methoxy groups -OCH3 is 1. The number of carbonyl (C=O) groups is 1. The Hall–Kier alpha value is -2.50. The molecule has 2 heterocycles. The minimum atomic E-state index is -0.260. The largest absolute Gasteiger partial charge is 0.496 e. The lowest BCUT2D eigenvalue weighted by molar-refractivity contribution is 0.0948. The highest BCUT2D eigenvalue weighted by atomic mass is 16.5. The van der Waals surface area contributed by atoms with Crippen LogP contribution in [0.25, 0.3) is 0 Å². The highest BCUT2D eigenvalue weighted by Crippen LogP contribution is 2.14. The van der Waals surface area contributed by atoms with E-state index in [1.165, 1.54) is 23.9 Å². The standard InChI is InChI=1S/C14H17N3O3/c1-16-10-11(12(20-2)9-13(16)18)14(19)15-5-8-17-6-3-4-7-17/h3-4,6-7,9-10H,5,8H2,1-2H3,(H,15,19). The Morgan fingerprint density at radius 3 is 2.70 bits per heavy atom. The van der Waals surface area contributed by atoms with E-state index in [4.69, 9.17) is 4.74 Å². The first-order valence-corrected chi connectivity index (χ1v) is 6.25. The highest BCUT2D eigenvalue weighted by Gasteiger charge is 2.13. The van der Waals surface area contributed by atoms with Crippen LogP contribution < -0.4 is 15.6 Å². The van der Waals surface area contributed by atoms with E-state index in [0.29, 0.717) is 18.7 Å². The summed E-state index contributed by atoms with van der Waals surface area (Å²) in [6, 6.07) is 5.16. The van der Waals surface area contributed by atoms with Gasteiger partial charge < -0.3 is 19.2 Å². The first-order valence-electron chi connectivity index (χ1n) is 6.25. The molecule has 2 rings (SSSR count). The average Bonchev–Trinajstić information content (AvgIpc) is 2.94. The van der Waals surface area contributed by atoms with E-state index in [-0.39, 0.29) is 17.2 Å². The molecule has 0 spiro atoms. The van der Waals surface area contributed by atoms with Crippen molar-refractivity contribution in [1.29, 1.82) is 0 Å². The summed E-state index contributed by atoms with van der Waals surface area (Å²) in [7, 11) is 3.03. The van der Waals surface area contributed by atoms with Crippen LogP contribution in [0.5, 0.6) is 5.75 Å². The third kappa shape index (κ3) is 3.09. The van der Waals surface area contributed by atoms with Gasteiger partial charge in [0.1, 0.15) is 5.75 Å². The zero-order valence-electron chi connectivity index (χ0n) is 11.5. The fourth-order valence-electron chi connectivity index (χ4n) is 1.87. The van der Waals surface area contributed by atoms with Gasteiger partial charge in [-0.15, -0.1) is 0 Å². The van der Waals surface area contributed by atoms with E-state index < -0.39 is 0 Å². The third-order valence-electron chi connectivity index (χ3n) is 2.98. The number of ether oxygens (including phenoxy) is 1. The summed E-state index contributed by atoms with van der Waals surface area (Å²) in [6.07, 6.45) is 5.34. The van der Waals surface area contributed by atoms with Gasteiger partial charge in [0.15, 0.2) is 0 Å². The molecule has 20 heavy (non-hydrogen) atoms. The maximum Gasteiger partial charge on any atom is 0.256 e. The van der Waals surface area contributed by atoms with Crippen molar-refractivity contribution in [3.05, 3.63) is 52.7 Å². The van der Waals surface area contributed by atoms with E-state index in [2.05, 4.69) is 5.32 Å². The fraction of sp³-hybridized carbons (Fsp3) is 0.286. The lowest BCUT2D eigenvalue weighted by atomic mass is 10.2. The molecule has 0 saturated carbocycles. The van der Waals surface area contributed by atoms with Gasteiger partial charge in [-0.3, -0.25) is 9.59 Å². The Balaban J connectivity index is 2.05. The quantitative estimate of drug-likeness (QED) is 0.870. The fourth-order valence-corrected chi connectivity index (χ4v) is 1.87. The number of rotatable bonds is 5. The van der Waals surface area contributed by atoms with Crippen LogP contribution in [-0.4, -0.2) is 28.7 Å². The van der Waals surface area contributed by atoms with Crippen molar-refractivity contribution in [2.75, 3.05) is 13.7 Å². The highest BCUT2D eigenvalue weighted by molar-refractivity contribution is 5.96. The number of aryl methyl sites for hydroxylation is 1. The van der Waals surface area contributed by atoms with Crippen LogP contribution in [0.2, 0.25) is 0 Å². The topological polar surface area (TPSA) is 65.3 Å². The molecule has 1 amide bonds. The number of carbonyl (C=O) groups excluding carboxylic acids is 1. The summed E-state index contributed by atoms with van der Waals surface area (Å²) in [6.45, 7) is 1.19. The summed E-state index contributed by atoms with van der Waals surface area (Å²) >= 11 is 0. The summed E-state index contributed by atoms with van der Waals surface area (Å²) in [5, 5.41) is 2.80. The maximum atomic E-state index is 12.1. The molecule has 0 unspecified atom stereocenters. The molecule has 0 aliphatic rings. The van der Waals surface area contributed by atoms with Crippen LogP contribution in [0.1, 0.15) is 10.4 Å². The Bertz CT molecular complexity index is 644. The second-order valence-corrected chi connectivity index (χ2v) is 4.38. The van der Waals surface area contributed by atoms with E-state index in [0.717, 1.165) is 0 Å². The Morgan fingerprint density at radius 2 is 2.05 bits per heavy atom. The Kier molecular flexibility index (Phi) is 4.24. The number of hydrogen-bond acceptors (Lipinski definition) is 3. The van der Waals surface area contributed by atoms with Gasteiger partial charge in [-0.05, 0) is 12.1 Å². The van der Waals surface area contributed by atoms with Gasteiger partial charge >= 0.3 is 0 Å². The number of nitrogens with zero attached hydrogens (tertiary/aromatic N) is 2. The molecule has 0 aliphatic heterocycles. The molecule has 0 fully saturated rings.